The van der Waals surface area contributed by atoms with Gasteiger partial charge in [0.25, 0.3) is 0 Å². The first-order valence-electron chi connectivity index (χ1n) is 31.0. The van der Waals surface area contributed by atoms with Crippen LogP contribution in [0.1, 0.15) is 5.82 Å². The molecular weight excluding hydrogens is 1140 g/mol. The fraction of sp³-hybridized carbons (Fsp3) is 0.0118. The summed E-state index contributed by atoms with van der Waals surface area (Å²) in [6.45, 7) is 2.11. The summed E-state index contributed by atoms with van der Waals surface area (Å²) in [6.07, 6.45) is 0. The van der Waals surface area contributed by atoms with Crippen LogP contribution >= 0.6 is 22.7 Å². The van der Waals surface area contributed by atoms with Crippen molar-refractivity contribution in [2.75, 3.05) is 0 Å². The lowest BCUT2D eigenvalue weighted by Crippen LogP contribution is -1.98. The van der Waals surface area contributed by atoms with Crippen LogP contribution in [0.5, 0.6) is 0 Å². The average Bonchev–Trinajstić information content (AvgIpc) is 1.44. The van der Waals surface area contributed by atoms with Crippen molar-refractivity contribution in [3.05, 3.63) is 303 Å². The molecule has 0 N–H and O–H groups in total. The van der Waals surface area contributed by atoms with Crippen LogP contribution in [-0.2, 0) is 0 Å². The van der Waals surface area contributed by atoms with Crippen LogP contribution in [0.4, 0.5) is 0 Å². The maximum atomic E-state index is 5.38. The van der Waals surface area contributed by atoms with Gasteiger partial charge in [0.05, 0.1) is 22.1 Å². The Morgan fingerprint density at radius 1 is 0.242 bits per heavy atom. The monoisotopic (exact) mass is 1190 g/mol. The van der Waals surface area contributed by atoms with E-state index in [-0.39, 0.29) is 0 Å². The Morgan fingerprint density at radius 3 is 1.12 bits per heavy atom. The molecule has 0 unspecified atom stereocenters. The van der Waals surface area contributed by atoms with Gasteiger partial charge in [-0.3, -0.25) is 9.13 Å². The summed E-state index contributed by atoms with van der Waals surface area (Å²) in [5.74, 6) is 1.82. The molecule has 0 saturated heterocycles. The molecule has 15 aromatic carbocycles. The van der Waals surface area contributed by atoms with Crippen LogP contribution in [0.3, 0.4) is 0 Å². The minimum absolute atomic E-state index is 0.887. The Labute approximate surface area is 532 Å². The van der Waals surface area contributed by atoms with E-state index in [9.17, 15) is 0 Å². The highest BCUT2D eigenvalue weighted by Crippen LogP contribution is 2.48. The summed E-state index contributed by atoms with van der Waals surface area (Å²) < 4.78 is 9.87. The van der Waals surface area contributed by atoms with E-state index >= 15 is 0 Å². The maximum absolute atomic E-state index is 5.38. The minimum Gasteiger partial charge on any atom is -0.297 e. The number of aryl methyl sites for hydroxylation is 1. The normalized spacial score (nSPS) is 12.0. The predicted molar refractivity (Wildman–Crippen MR) is 389 cm³/mol. The first-order valence-corrected chi connectivity index (χ1v) is 32.7. The molecule has 0 aliphatic heterocycles. The van der Waals surface area contributed by atoms with Gasteiger partial charge in [0, 0.05) is 57.3 Å². The molecular formula is C85H52N4S2. The lowest BCUT2D eigenvalue weighted by atomic mass is 9.86. The van der Waals surface area contributed by atoms with Crippen LogP contribution in [0.25, 0.3) is 184 Å². The molecule has 0 aliphatic carbocycles. The van der Waals surface area contributed by atoms with Gasteiger partial charge in [-0.05, 0) is 185 Å². The summed E-state index contributed by atoms with van der Waals surface area (Å²) >= 11 is 3.75. The van der Waals surface area contributed by atoms with Crippen molar-refractivity contribution >= 4 is 128 Å². The number of rotatable bonds is 8. The number of benzene rings is 15. The molecule has 0 atom stereocenters. The zero-order valence-electron chi connectivity index (χ0n) is 49.4. The van der Waals surface area contributed by atoms with Crippen LogP contribution in [0.15, 0.2) is 297 Å². The van der Waals surface area contributed by atoms with Crippen LogP contribution < -0.4 is 0 Å². The number of hydrogen-bond acceptors (Lipinski definition) is 4. The van der Waals surface area contributed by atoms with Gasteiger partial charge < -0.3 is 0 Å². The minimum atomic E-state index is 0.887. The topological polar surface area (TPSA) is 35.6 Å². The Balaban J connectivity index is 0.669. The molecule has 0 spiro atoms. The Hall–Kier alpha value is -11.3. The van der Waals surface area contributed by atoms with Gasteiger partial charge in [0.15, 0.2) is 0 Å². The van der Waals surface area contributed by atoms with E-state index in [4.69, 9.17) is 9.97 Å². The summed E-state index contributed by atoms with van der Waals surface area (Å²) in [7, 11) is 0. The largest absolute Gasteiger partial charge is 0.297 e. The lowest BCUT2D eigenvalue weighted by molar-refractivity contribution is 1.00. The molecule has 0 bridgehead atoms. The Bertz CT molecular complexity index is 6100. The van der Waals surface area contributed by atoms with E-state index in [1.54, 1.807) is 0 Å². The van der Waals surface area contributed by atoms with Crippen LogP contribution in [0, 0.1) is 6.92 Å². The van der Waals surface area contributed by atoms with Crippen molar-refractivity contribution in [2.24, 2.45) is 0 Å². The maximum Gasteiger partial charge on any atom is 0.145 e. The van der Waals surface area contributed by atoms with Gasteiger partial charge in [-0.2, -0.15) is 0 Å². The number of imidazole rings is 2. The highest BCUT2D eigenvalue weighted by molar-refractivity contribution is 7.26. The van der Waals surface area contributed by atoms with Crippen LogP contribution in [0.2, 0.25) is 0 Å². The van der Waals surface area contributed by atoms with Gasteiger partial charge in [0.2, 0.25) is 0 Å². The highest BCUT2D eigenvalue weighted by atomic mass is 32.1. The standard InChI is InChI=1S/C85H52N4S2/c1-51-86-74-46-39-55(48-76(74)88(51)59-40-33-52(34-41-59)81-65-21-2-6-25-69(65)83(70-26-7-3-22-66(70)81)56-37-44-63-61-19-10-14-31-77(61)90-79(63)49-56)54-17-16-18-58(47-54)85-87-73-29-12-13-30-75(73)89(85)60-42-35-53(36-43-60)82-67-23-4-8-27-71(67)84(72-28-9-5-24-68(72)82)57-38-45-64-62-20-11-15-32-78(62)91-80(64)50-57/h2-50H,1H3. The van der Waals surface area contributed by atoms with Crippen LogP contribution in [-0.4, -0.2) is 19.1 Å². The van der Waals surface area contributed by atoms with Crippen molar-refractivity contribution in [3.8, 4) is 78.4 Å². The molecule has 19 aromatic rings. The number of aromatic nitrogens is 4. The van der Waals surface area contributed by atoms with E-state index < -0.39 is 0 Å². The number of fused-ring (bicyclic) bond motifs is 12. The molecule has 0 aliphatic rings. The Kier molecular flexibility index (Phi) is 11.6. The predicted octanol–water partition coefficient (Wildman–Crippen LogP) is 24.0. The summed E-state index contributed by atoms with van der Waals surface area (Å²) in [4.78, 5) is 10.5. The highest BCUT2D eigenvalue weighted by Gasteiger charge is 2.22. The summed E-state index contributed by atoms with van der Waals surface area (Å²) in [5, 5.41) is 15.2. The quantitative estimate of drug-likeness (QED) is 0.142. The fourth-order valence-electron chi connectivity index (χ4n) is 14.8. The molecule has 0 fully saturated rings. The lowest BCUT2D eigenvalue weighted by Gasteiger charge is -2.18. The zero-order valence-corrected chi connectivity index (χ0v) is 51.0. The molecule has 4 heterocycles. The summed E-state index contributed by atoms with van der Waals surface area (Å²) in [6, 6.07) is 110. The smallest absolute Gasteiger partial charge is 0.145 e. The van der Waals surface area contributed by atoms with Crippen molar-refractivity contribution in [1.29, 1.82) is 0 Å². The molecule has 0 radical (unpaired) electrons. The second-order valence-corrected chi connectivity index (χ2v) is 26.1. The second-order valence-electron chi connectivity index (χ2n) is 23.9. The first-order chi connectivity index (χ1) is 45.0. The van der Waals surface area contributed by atoms with E-state index in [1.807, 2.05) is 22.7 Å². The third-order valence-corrected chi connectivity index (χ3v) is 21.1. The van der Waals surface area contributed by atoms with Gasteiger partial charge in [-0.25, -0.2) is 9.97 Å². The molecule has 0 saturated carbocycles. The van der Waals surface area contributed by atoms with Crippen molar-refractivity contribution in [1.82, 2.24) is 19.1 Å². The molecule has 19 rings (SSSR count). The first kappa shape index (κ1) is 51.7. The van der Waals surface area contributed by atoms with E-state index in [0.717, 1.165) is 61.8 Å². The summed E-state index contributed by atoms with van der Waals surface area (Å²) in [5.41, 5.74) is 19.2. The third-order valence-electron chi connectivity index (χ3n) is 18.9. The average molecular weight is 1190 g/mol. The van der Waals surface area contributed by atoms with Gasteiger partial charge in [-0.1, -0.05) is 218 Å². The fourth-order valence-corrected chi connectivity index (χ4v) is 17.1. The zero-order chi connectivity index (χ0) is 59.8. The number of thiophene rings is 2. The van der Waals surface area contributed by atoms with Gasteiger partial charge in [0.1, 0.15) is 11.6 Å². The van der Waals surface area contributed by atoms with E-state index in [2.05, 4.69) is 313 Å². The molecule has 0 amide bonds. The van der Waals surface area contributed by atoms with Crippen molar-refractivity contribution in [3.63, 3.8) is 0 Å². The molecule has 424 valence electrons. The number of para-hydroxylation sites is 2. The second kappa shape index (κ2) is 20.4. The number of nitrogens with zero attached hydrogens (tertiary/aromatic N) is 4. The van der Waals surface area contributed by atoms with E-state index in [0.29, 0.717) is 0 Å². The molecule has 91 heavy (non-hydrogen) atoms. The number of hydrogen-bond donors (Lipinski definition) is 0. The van der Waals surface area contributed by atoms with Gasteiger partial charge >= 0.3 is 0 Å². The van der Waals surface area contributed by atoms with E-state index in [1.165, 1.54) is 128 Å². The van der Waals surface area contributed by atoms with Gasteiger partial charge in [-0.15, -0.1) is 22.7 Å². The van der Waals surface area contributed by atoms with Crippen molar-refractivity contribution in [2.45, 2.75) is 6.92 Å². The Morgan fingerprint density at radius 2 is 0.615 bits per heavy atom. The molecule has 4 aromatic heterocycles. The molecule has 4 nitrogen and oxygen atoms in total. The SMILES string of the molecule is Cc1nc2ccc(-c3cccc(-c4nc5ccccc5n4-c4ccc(-c5c6ccccc6c(-c6ccc7c(c6)sc6ccccc67)c6ccccc56)cc4)c3)cc2n1-c1ccc(-c2c3ccccc3c(-c3ccc4c(c3)sc3ccccc34)c3ccccc23)cc1. The third kappa shape index (κ3) is 8.13. The van der Waals surface area contributed by atoms with Crippen molar-refractivity contribution < 1.29 is 0 Å². The molecule has 6 heteroatoms.